The van der Waals surface area contributed by atoms with Gasteiger partial charge >= 0.3 is 11.9 Å². The average Bonchev–Trinajstić information content (AvgIpc) is 3.15. The van der Waals surface area contributed by atoms with Gasteiger partial charge in [0.05, 0.1) is 18.8 Å². The summed E-state index contributed by atoms with van der Waals surface area (Å²) in [6, 6.07) is 0. The maximum absolute atomic E-state index is 13.7. The maximum Gasteiger partial charge on any atom is 0.315 e. The quantitative estimate of drug-likeness (QED) is 0.164. The largest absolute Gasteiger partial charge is 0.468 e. The summed E-state index contributed by atoms with van der Waals surface area (Å²) in [5.41, 5.74) is 0.316. The lowest BCUT2D eigenvalue weighted by Gasteiger charge is -2.61. The van der Waals surface area contributed by atoms with Crippen LogP contribution in [0, 0.1) is 28.1 Å². The molecule has 0 amide bonds. The number of methoxy groups -OCH3 is 2. The predicted molar refractivity (Wildman–Crippen MR) is 159 cm³/mol. The third-order valence-corrected chi connectivity index (χ3v) is 10.3. The Balaban J connectivity index is 1.95. The van der Waals surface area contributed by atoms with Crippen LogP contribution in [-0.4, -0.2) is 54.9 Å². The fourth-order valence-electron chi connectivity index (χ4n) is 8.39. The van der Waals surface area contributed by atoms with Crippen LogP contribution in [0.5, 0.6) is 0 Å². The molecule has 7 atom stereocenters. The zero-order valence-corrected chi connectivity index (χ0v) is 26.6. The highest BCUT2D eigenvalue weighted by atomic mass is 16.6. The van der Waals surface area contributed by atoms with Crippen molar-refractivity contribution in [2.24, 2.45) is 28.1 Å². The number of ketones is 1. The van der Waals surface area contributed by atoms with Crippen molar-refractivity contribution in [1.82, 2.24) is 0 Å². The number of ether oxygens (including phenoxy) is 3. The molecule has 0 spiro atoms. The summed E-state index contributed by atoms with van der Waals surface area (Å²) in [4.78, 5) is 38.9. The zero-order valence-electron chi connectivity index (χ0n) is 26.6. The van der Waals surface area contributed by atoms with Crippen molar-refractivity contribution >= 4 is 17.7 Å². The Bertz CT molecular complexity index is 1170. The maximum atomic E-state index is 13.7. The van der Waals surface area contributed by atoms with Crippen molar-refractivity contribution in [3.05, 3.63) is 47.1 Å². The molecule has 3 rings (SSSR count). The molecule has 3 aliphatic carbocycles. The first-order valence-corrected chi connectivity index (χ1v) is 14.7. The summed E-state index contributed by atoms with van der Waals surface area (Å²) >= 11 is 0. The van der Waals surface area contributed by atoms with E-state index in [0.29, 0.717) is 12.8 Å². The van der Waals surface area contributed by atoms with Gasteiger partial charge < -0.3 is 19.3 Å². The van der Waals surface area contributed by atoms with E-state index in [4.69, 9.17) is 14.2 Å². The number of esters is 2. The number of carbonyl (C=O) groups excluding carboxylic acids is 3. The van der Waals surface area contributed by atoms with Crippen molar-refractivity contribution < 1.29 is 33.7 Å². The number of fused-ring (bicyclic) bond motifs is 3. The molecule has 0 bridgehead atoms. The van der Waals surface area contributed by atoms with Crippen LogP contribution in [0.1, 0.15) is 87.5 Å². The number of hydrogen-bond acceptors (Lipinski definition) is 7. The highest BCUT2D eigenvalue weighted by Gasteiger charge is 2.68. The van der Waals surface area contributed by atoms with Crippen LogP contribution in [0.3, 0.4) is 0 Å². The lowest BCUT2D eigenvalue weighted by atomic mass is 9.42. The van der Waals surface area contributed by atoms with Crippen LogP contribution in [0.15, 0.2) is 47.1 Å². The minimum absolute atomic E-state index is 0.0731. The minimum atomic E-state index is -0.973. The SMILES string of the molecule is COC(=O)[C@]1(C)[C@@H]2CC[C@]3(C)\C(=C(C)/C=C/C=C(\C)C(/C=C/C(C)(C)O)OC)C(=O)C[C@H]3[C@@]2(C)CC[C@H]1OC(C)=O. The second kappa shape index (κ2) is 12.0. The Morgan fingerprint density at radius 3 is 2.27 bits per heavy atom. The van der Waals surface area contributed by atoms with Crippen LogP contribution in [0.2, 0.25) is 0 Å². The van der Waals surface area contributed by atoms with E-state index in [9.17, 15) is 19.5 Å². The summed E-state index contributed by atoms with van der Waals surface area (Å²) in [5.74, 6) is -0.574. The highest BCUT2D eigenvalue weighted by molar-refractivity contribution is 6.01. The molecule has 41 heavy (non-hydrogen) atoms. The molecule has 0 aromatic carbocycles. The van der Waals surface area contributed by atoms with E-state index in [0.717, 1.165) is 36.0 Å². The van der Waals surface area contributed by atoms with E-state index in [1.54, 1.807) is 27.0 Å². The molecule has 7 heteroatoms. The first-order chi connectivity index (χ1) is 19.0. The zero-order chi connectivity index (χ0) is 31.0. The molecule has 0 aliphatic heterocycles. The molecule has 1 unspecified atom stereocenters. The first kappa shape index (κ1) is 33.0. The Hall–Kier alpha value is -2.51. The summed E-state index contributed by atoms with van der Waals surface area (Å²) in [5, 5.41) is 10.0. The van der Waals surface area contributed by atoms with Crippen LogP contribution in [0.25, 0.3) is 0 Å². The molecule has 3 saturated carbocycles. The van der Waals surface area contributed by atoms with Crippen molar-refractivity contribution in [1.29, 1.82) is 0 Å². The lowest BCUT2D eigenvalue weighted by Crippen LogP contribution is -2.62. The molecular weight excluding hydrogens is 520 g/mol. The van der Waals surface area contributed by atoms with Crippen LogP contribution < -0.4 is 0 Å². The fraction of sp³-hybridized carbons (Fsp3) is 0.676. The van der Waals surface area contributed by atoms with Gasteiger partial charge in [-0.15, -0.1) is 0 Å². The Morgan fingerprint density at radius 1 is 1.05 bits per heavy atom. The van der Waals surface area contributed by atoms with E-state index in [-0.39, 0.29) is 40.5 Å². The summed E-state index contributed by atoms with van der Waals surface area (Å²) in [6.45, 7) is 15.1. The molecule has 0 saturated heterocycles. The molecule has 0 aromatic rings. The molecule has 1 N–H and O–H groups in total. The predicted octanol–water partition coefficient (Wildman–Crippen LogP) is 6.06. The van der Waals surface area contributed by atoms with Gasteiger partial charge in [0.2, 0.25) is 0 Å². The number of allylic oxidation sites excluding steroid dienone is 5. The van der Waals surface area contributed by atoms with Gasteiger partial charge in [-0.05, 0) is 88.7 Å². The molecular formula is C34H50O7. The van der Waals surface area contributed by atoms with Crippen LogP contribution >= 0.6 is 0 Å². The Labute approximate surface area is 246 Å². The van der Waals surface area contributed by atoms with E-state index < -0.39 is 23.1 Å². The monoisotopic (exact) mass is 570 g/mol. The molecule has 7 nitrogen and oxygen atoms in total. The number of hydrogen-bond donors (Lipinski definition) is 1. The normalized spacial score (nSPS) is 36.2. The third kappa shape index (κ3) is 6.17. The van der Waals surface area contributed by atoms with Gasteiger partial charge in [0.1, 0.15) is 11.5 Å². The van der Waals surface area contributed by atoms with Gasteiger partial charge in [0.25, 0.3) is 0 Å². The van der Waals surface area contributed by atoms with Gasteiger partial charge in [0.15, 0.2) is 5.78 Å². The average molecular weight is 571 g/mol. The van der Waals surface area contributed by atoms with E-state index in [1.165, 1.54) is 14.0 Å². The van der Waals surface area contributed by atoms with Gasteiger partial charge in [-0.2, -0.15) is 0 Å². The lowest BCUT2D eigenvalue weighted by molar-refractivity contribution is -0.206. The molecule has 0 radical (unpaired) electrons. The second-order valence-electron chi connectivity index (χ2n) is 13.6. The smallest absolute Gasteiger partial charge is 0.315 e. The number of carbonyl (C=O) groups is 3. The van der Waals surface area contributed by atoms with E-state index >= 15 is 0 Å². The van der Waals surface area contributed by atoms with Crippen LogP contribution in [-0.2, 0) is 28.6 Å². The Morgan fingerprint density at radius 2 is 1.71 bits per heavy atom. The number of rotatable bonds is 8. The van der Waals surface area contributed by atoms with Crippen molar-refractivity contribution in [2.45, 2.75) is 105 Å². The first-order valence-electron chi connectivity index (χ1n) is 14.7. The summed E-state index contributed by atoms with van der Waals surface area (Å²) < 4.78 is 16.6. The molecule has 3 aliphatic rings. The van der Waals surface area contributed by atoms with Gasteiger partial charge in [-0.3, -0.25) is 14.4 Å². The molecule has 0 heterocycles. The minimum Gasteiger partial charge on any atom is -0.468 e. The summed E-state index contributed by atoms with van der Waals surface area (Å²) in [6.07, 6.45) is 12.0. The number of Topliss-reactive ketones (excluding diaryl/α,β-unsaturated/α-hetero) is 1. The third-order valence-electron chi connectivity index (χ3n) is 10.3. The molecule has 0 aromatic heterocycles. The fourth-order valence-corrected chi connectivity index (χ4v) is 8.39. The second-order valence-corrected chi connectivity index (χ2v) is 13.6. The van der Waals surface area contributed by atoms with Crippen LogP contribution in [0.4, 0.5) is 0 Å². The Kier molecular flexibility index (Phi) is 9.66. The number of aliphatic hydroxyl groups is 1. The van der Waals surface area contributed by atoms with Crippen molar-refractivity contribution in [2.75, 3.05) is 14.2 Å². The van der Waals surface area contributed by atoms with Crippen molar-refractivity contribution in [3.8, 4) is 0 Å². The molecule has 228 valence electrons. The van der Waals surface area contributed by atoms with Gasteiger partial charge in [-0.1, -0.05) is 44.2 Å². The van der Waals surface area contributed by atoms with Crippen molar-refractivity contribution in [3.63, 3.8) is 0 Å². The molecule has 3 fully saturated rings. The van der Waals surface area contributed by atoms with E-state index in [1.807, 2.05) is 45.1 Å². The standard InChI is InChI=1S/C34H50O7/c1-21(25(39-9)14-17-31(4,5)38)12-11-13-22(2)29-24(36)20-27-32(6)19-16-28(41-23(3)35)34(8,30(37)40-10)26(32)15-18-33(27,29)7/h11-14,17,25-28,38H,15-16,18-20H2,1-10H3/b13-11+,17-14+,21-12+,29-22-/t25?,26-,27+,28-,32+,33+,34-/m1/s1. The van der Waals surface area contributed by atoms with Gasteiger partial charge in [-0.25, -0.2) is 0 Å². The van der Waals surface area contributed by atoms with E-state index in [2.05, 4.69) is 13.8 Å². The van der Waals surface area contributed by atoms with Gasteiger partial charge in [0, 0.05) is 31.4 Å². The summed E-state index contributed by atoms with van der Waals surface area (Å²) in [7, 11) is 3.02. The topological polar surface area (TPSA) is 99.1 Å². The highest BCUT2D eigenvalue weighted by Crippen LogP contribution is 2.69.